The van der Waals surface area contributed by atoms with Crippen molar-refractivity contribution in [3.63, 3.8) is 0 Å². The molecule has 4 nitrogen and oxygen atoms in total. The number of carboxylic acid groups (broad SMARTS) is 1. The van der Waals surface area contributed by atoms with Gasteiger partial charge in [-0.25, -0.2) is 0 Å². The predicted molar refractivity (Wildman–Crippen MR) is 71.3 cm³/mol. The fourth-order valence-electron chi connectivity index (χ4n) is 3.16. The maximum absolute atomic E-state index is 11.6. The number of amides is 1. The van der Waals surface area contributed by atoms with Crippen molar-refractivity contribution in [2.45, 2.75) is 38.0 Å². The molecular weight excluding hydrogens is 242 g/mol. The molecule has 100 valence electrons. The molecule has 0 aromatic heterocycles. The number of carboxylic acids is 1. The van der Waals surface area contributed by atoms with E-state index in [2.05, 4.69) is 0 Å². The smallest absolute Gasteiger partial charge is 0.314 e. The van der Waals surface area contributed by atoms with Gasteiger partial charge in [0.2, 0.25) is 5.91 Å². The third-order valence-corrected chi connectivity index (χ3v) is 4.53. The molecule has 0 spiro atoms. The van der Waals surface area contributed by atoms with E-state index in [-0.39, 0.29) is 5.91 Å². The molecule has 4 heteroatoms. The highest BCUT2D eigenvalue weighted by Crippen LogP contribution is 2.45. The van der Waals surface area contributed by atoms with Gasteiger partial charge in [-0.3, -0.25) is 9.59 Å². The first-order chi connectivity index (χ1) is 9.04. The number of nitrogens with zero attached hydrogens (tertiary/aromatic N) is 1. The molecule has 1 aromatic rings. The molecule has 1 N–H and O–H groups in total. The summed E-state index contributed by atoms with van der Waals surface area (Å²) in [6, 6.07) is 5.82. The normalized spacial score (nSPS) is 19.7. The van der Waals surface area contributed by atoms with Gasteiger partial charge >= 0.3 is 5.97 Å². The van der Waals surface area contributed by atoms with Gasteiger partial charge < -0.3 is 10.0 Å². The van der Waals surface area contributed by atoms with Gasteiger partial charge in [0.05, 0.1) is 5.41 Å². The molecule has 1 saturated carbocycles. The summed E-state index contributed by atoms with van der Waals surface area (Å²) in [4.78, 5) is 24.9. The van der Waals surface area contributed by atoms with Crippen LogP contribution in [-0.2, 0) is 21.4 Å². The summed E-state index contributed by atoms with van der Waals surface area (Å²) in [5.74, 6) is -0.722. The van der Waals surface area contributed by atoms with Crippen molar-refractivity contribution in [1.82, 2.24) is 0 Å². The largest absolute Gasteiger partial charge is 0.481 e. The van der Waals surface area contributed by atoms with Gasteiger partial charge in [-0.15, -0.1) is 0 Å². The molecule has 0 saturated heterocycles. The number of carbonyl (C=O) groups is 2. The van der Waals surface area contributed by atoms with Crippen LogP contribution in [0.15, 0.2) is 18.2 Å². The van der Waals surface area contributed by atoms with Gasteiger partial charge in [0.15, 0.2) is 0 Å². The maximum atomic E-state index is 11.6. The van der Waals surface area contributed by atoms with Crippen LogP contribution in [-0.4, -0.2) is 23.5 Å². The van der Waals surface area contributed by atoms with Crippen molar-refractivity contribution in [3.8, 4) is 0 Å². The predicted octanol–water partition coefficient (Wildman–Crippen LogP) is 2.10. The lowest BCUT2D eigenvalue weighted by atomic mass is 9.64. The second-order valence-corrected chi connectivity index (χ2v) is 5.50. The van der Waals surface area contributed by atoms with Gasteiger partial charge in [0.25, 0.3) is 0 Å². The van der Waals surface area contributed by atoms with E-state index in [9.17, 15) is 14.7 Å². The highest BCUT2D eigenvalue weighted by molar-refractivity contribution is 5.94. The van der Waals surface area contributed by atoms with Crippen molar-refractivity contribution in [2.75, 3.05) is 11.4 Å². The summed E-state index contributed by atoms with van der Waals surface area (Å²) in [6.45, 7) is 2.26. The summed E-state index contributed by atoms with van der Waals surface area (Å²) in [5, 5.41) is 9.48. The van der Waals surface area contributed by atoms with Gasteiger partial charge in [-0.2, -0.15) is 0 Å². The van der Waals surface area contributed by atoms with Crippen molar-refractivity contribution in [3.05, 3.63) is 29.3 Å². The van der Waals surface area contributed by atoms with Crippen molar-refractivity contribution >= 4 is 17.6 Å². The van der Waals surface area contributed by atoms with E-state index in [1.54, 1.807) is 11.8 Å². The average molecular weight is 259 g/mol. The van der Waals surface area contributed by atoms with Crippen molar-refractivity contribution in [1.29, 1.82) is 0 Å². The minimum Gasteiger partial charge on any atom is -0.481 e. The van der Waals surface area contributed by atoms with E-state index in [4.69, 9.17) is 0 Å². The molecule has 1 heterocycles. The van der Waals surface area contributed by atoms with Gasteiger partial charge in [-0.05, 0) is 36.5 Å². The van der Waals surface area contributed by atoms with Crippen LogP contribution in [0, 0.1) is 0 Å². The SMILES string of the molecule is CC(=O)N1CCc2ccc(C3(C(=O)O)CCC3)cc21. The van der Waals surface area contributed by atoms with Crippen LogP contribution in [0.4, 0.5) is 5.69 Å². The molecule has 0 atom stereocenters. The van der Waals surface area contributed by atoms with Gasteiger partial charge in [0.1, 0.15) is 0 Å². The third-order valence-electron chi connectivity index (χ3n) is 4.53. The van der Waals surface area contributed by atoms with Crippen molar-refractivity contribution in [2.24, 2.45) is 0 Å². The van der Waals surface area contributed by atoms with Gasteiger partial charge in [-0.1, -0.05) is 18.6 Å². The van der Waals surface area contributed by atoms with Crippen LogP contribution >= 0.6 is 0 Å². The first-order valence-corrected chi connectivity index (χ1v) is 6.69. The van der Waals surface area contributed by atoms with E-state index in [0.29, 0.717) is 19.4 Å². The van der Waals surface area contributed by atoms with E-state index >= 15 is 0 Å². The quantitative estimate of drug-likeness (QED) is 0.884. The minimum absolute atomic E-state index is 0.0221. The molecule has 0 radical (unpaired) electrons. The zero-order valence-electron chi connectivity index (χ0n) is 11.0. The molecule has 2 aliphatic rings. The lowest BCUT2D eigenvalue weighted by Gasteiger charge is -2.38. The van der Waals surface area contributed by atoms with Gasteiger partial charge in [0, 0.05) is 19.2 Å². The summed E-state index contributed by atoms with van der Waals surface area (Å²) in [6.07, 6.45) is 3.21. The number of carbonyl (C=O) groups excluding carboxylic acids is 1. The maximum Gasteiger partial charge on any atom is 0.314 e. The average Bonchev–Trinajstić information content (AvgIpc) is 2.69. The molecule has 1 aromatic carbocycles. The number of hydrogen-bond donors (Lipinski definition) is 1. The molecule has 1 aliphatic heterocycles. The lowest BCUT2D eigenvalue weighted by molar-refractivity contribution is -0.147. The van der Waals surface area contributed by atoms with Crippen LogP contribution in [0.3, 0.4) is 0 Å². The number of anilines is 1. The first-order valence-electron chi connectivity index (χ1n) is 6.69. The zero-order chi connectivity index (χ0) is 13.6. The van der Waals surface area contributed by atoms with E-state index < -0.39 is 11.4 Å². The van der Waals surface area contributed by atoms with Crippen LogP contribution in [0.25, 0.3) is 0 Å². The highest BCUT2D eigenvalue weighted by atomic mass is 16.4. The standard InChI is InChI=1S/C15H17NO3/c1-10(17)16-8-5-11-3-4-12(9-13(11)16)15(14(18)19)6-2-7-15/h3-4,9H,2,5-8H2,1H3,(H,18,19). The summed E-state index contributed by atoms with van der Waals surface area (Å²) >= 11 is 0. The Morgan fingerprint density at radius 2 is 2.05 bits per heavy atom. The van der Waals surface area contributed by atoms with Crippen molar-refractivity contribution < 1.29 is 14.7 Å². The zero-order valence-corrected chi connectivity index (χ0v) is 11.0. The first kappa shape index (κ1) is 12.2. The Kier molecular flexibility index (Phi) is 2.62. The second kappa shape index (κ2) is 4.08. The second-order valence-electron chi connectivity index (χ2n) is 5.50. The summed E-state index contributed by atoms with van der Waals surface area (Å²) in [5.41, 5.74) is 2.16. The Morgan fingerprint density at radius 1 is 1.32 bits per heavy atom. The Hall–Kier alpha value is -1.84. The topological polar surface area (TPSA) is 57.6 Å². The fraction of sp³-hybridized carbons (Fsp3) is 0.467. The molecule has 1 aliphatic carbocycles. The summed E-state index contributed by atoms with van der Waals surface area (Å²) < 4.78 is 0. The molecule has 0 bridgehead atoms. The number of rotatable bonds is 2. The minimum atomic E-state index is -0.744. The molecule has 0 unspecified atom stereocenters. The van der Waals surface area contributed by atoms with Crippen LogP contribution < -0.4 is 4.90 Å². The Labute approximate surface area is 112 Å². The molecule has 3 rings (SSSR count). The third kappa shape index (κ3) is 1.66. The van der Waals surface area contributed by atoms with E-state index in [1.165, 1.54) is 0 Å². The Balaban J connectivity index is 2.04. The van der Waals surface area contributed by atoms with Crippen LogP contribution in [0.1, 0.15) is 37.3 Å². The number of fused-ring (bicyclic) bond motifs is 1. The molecule has 1 fully saturated rings. The number of aliphatic carboxylic acids is 1. The lowest BCUT2D eigenvalue weighted by Crippen LogP contribution is -2.42. The van der Waals surface area contributed by atoms with Crippen LogP contribution in [0.5, 0.6) is 0 Å². The fourth-order valence-corrected chi connectivity index (χ4v) is 3.16. The highest BCUT2D eigenvalue weighted by Gasteiger charge is 2.46. The molecular formula is C15H17NO3. The van der Waals surface area contributed by atoms with Crippen LogP contribution in [0.2, 0.25) is 0 Å². The number of hydrogen-bond acceptors (Lipinski definition) is 2. The Morgan fingerprint density at radius 3 is 2.58 bits per heavy atom. The molecule has 19 heavy (non-hydrogen) atoms. The van der Waals surface area contributed by atoms with E-state index in [0.717, 1.165) is 29.7 Å². The molecule has 1 amide bonds. The monoisotopic (exact) mass is 259 g/mol. The Bertz CT molecular complexity index is 561. The summed E-state index contributed by atoms with van der Waals surface area (Å²) in [7, 11) is 0. The van der Waals surface area contributed by atoms with E-state index in [1.807, 2.05) is 18.2 Å². The number of benzene rings is 1.